The molecule has 2 heterocycles. The van der Waals surface area contributed by atoms with Crippen molar-refractivity contribution in [3.05, 3.63) is 206 Å². The van der Waals surface area contributed by atoms with Crippen molar-refractivity contribution in [2.75, 3.05) is 0 Å². The number of aromatic nitrogens is 2. The molecular formula is C56H34N2S. The predicted octanol–water partition coefficient (Wildman–Crippen LogP) is 15.6. The van der Waals surface area contributed by atoms with Crippen LogP contribution in [0.2, 0.25) is 0 Å². The van der Waals surface area contributed by atoms with Gasteiger partial charge in [-0.3, -0.25) is 0 Å². The average molecular weight is 767 g/mol. The standard InChI is InChI=1S/C56H34N2S/c1-3-13-35(14-4-1)39-31-40(43-20-11-23-50-46-19-9-10-24-53(46)59-55(43)50)33-41(32-39)52-34-51(57-56(58-52)38-15-5-2-6-16-38)37-27-25-36(26-28-37)42-29-30-49-45-18-8-7-17-44(45)48-22-12-21-47(42)54(48)49/h1-34H. The van der Waals surface area contributed by atoms with E-state index in [0.29, 0.717) is 5.82 Å². The lowest BCUT2D eigenvalue weighted by Gasteiger charge is -2.14. The molecule has 9 aromatic carbocycles. The van der Waals surface area contributed by atoms with Crippen LogP contribution in [0.25, 0.3) is 120 Å². The molecular weight excluding hydrogens is 733 g/mol. The molecule has 2 aromatic heterocycles. The van der Waals surface area contributed by atoms with Crippen LogP contribution >= 0.6 is 11.3 Å². The summed E-state index contributed by atoms with van der Waals surface area (Å²) in [6, 6.07) is 74.4. The van der Waals surface area contributed by atoms with Crippen molar-refractivity contribution in [2.24, 2.45) is 0 Å². The van der Waals surface area contributed by atoms with Crippen molar-refractivity contribution in [3.63, 3.8) is 0 Å². The second-order valence-corrected chi connectivity index (χ2v) is 16.3. The van der Waals surface area contributed by atoms with Crippen LogP contribution in [0.5, 0.6) is 0 Å². The van der Waals surface area contributed by atoms with Crippen molar-refractivity contribution in [3.8, 4) is 89.5 Å². The molecule has 0 bridgehead atoms. The summed E-state index contributed by atoms with van der Waals surface area (Å²) in [5.74, 6) is 0.701. The number of benzene rings is 9. The zero-order valence-electron chi connectivity index (χ0n) is 31.9. The highest BCUT2D eigenvalue weighted by molar-refractivity contribution is 7.26. The molecule has 0 radical (unpaired) electrons. The van der Waals surface area contributed by atoms with Crippen LogP contribution in [0.3, 0.4) is 0 Å². The normalized spacial score (nSPS) is 11.7. The Kier molecular flexibility index (Phi) is 7.75. The third-order valence-electron chi connectivity index (χ3n) is 11.8. The molecule has 11 aromatic rings. The molecule has 0 unspecified atom stereocenters. The topological polar surface area (TPSA) is 25.8 Å². The summed E-state index contributed by atoms with van der Waals surface area (Å²) in [5.41, 5.74) is 17.2. The smallest absolute Gasteiger partial charge is 0.160 e. The summed E-state index contributed by atoms with van der Waals surface area (Å²) in [4.78, 5) is 10.5. The van der Waals surface area contributed by atoms with E-state index in [0.717, 1.165) is 39.2 Å². The van der Waals surface area contributed by atoms with Crippen LogP contribution in [-0.2, 0) is 0 Å². The molecule has 0 atom stereocenters. The van der Waals surface area contributed by atoms with Gasteiger partial charge in [0.1, 0.15) is 0 Å². The van der Waals surface area contributed by atoms with Crippen molar-refractivity contribution in [1.29, 1.82) is 0 Å². The van der Waals surface area contributed by atoms with E-state index >= 15 is 0 Å². The van der Waals surface area contributed by atoms with Crippen LogP contribution < -0.4 is 0 Å². The third-order valence-corrected chi connectivity index (χ3v) is 13.1. The van der Waals surface area contributed by atoms with E-state index in [2.05, 4.69) is 200 Å². The first kappa shape index (κ1) is 33.7. The van der Waals surface area contributed by atoms with E-state index < -0.39 is 0 Å². The molecule has 1 aliphatic rings. The summed E-state index contributed by atoms with van der Waals surface area (Å²) in [5, 5.41) is 5.20. The number of rotatable bonds is 6. The van der Waals surface area contributed by atoms with Crippen molar-refractivity contribution >= 4 is 42.3 Å². The number of thiophene rings is 1. The Morgan fingerprint density at radius 1 is 0.288 bits per heavy atom. The largest absolute Gasteiger partial charge is 0.228 e. The molecule has 2 nitrogen and oxygen atoms in total. The van der Waals surface area contributed by atoms with E-state index in [-0.39, 0.29) is 0 Å². The van der Waals surface area contributed by atoms with Gasteiger partial charge in [0, 0.05) is 36.9 Å². The van der Waals surface area contributed by atoms with E-state index in [4.69, 9.17) is 9.97 Å². The molecule has 0 fully saturated rings. The van der Waals surface area contributed by atoms with Gasteiger partial charge in [0.2, 0.25) is 0 Å². The van der Waals surface area contributed by atoms with Crippen molar-refractivity contribution in [1.82, 2.24) is 9.97 Å². The quantitative estimate of drug-likeness (QED) is 0.168. The van der Waals surface area contributed by atoms with E-state index in [1.54, 1.807) is 0 Å². The molecule has 12 rings (SSSR count). The lowest BCUT2D eigenvalue weighted by atomic mass is 9.93. The SMILES string of the molecule is c1ccc(-c2cc(-c3cc(-c4ccc(-c5ccc6c7c(cccc57)-c5ccccc5-6)cc4)nc(-c4ccccc4)n3)cc(-c3cccc4c3sc3ccccc34)c2)cc1. The molecule has 274 valence electrons. The van der Waals surface area contributed by atoms with Crippen LogP contribution in [0.15, 0.2) is 206 Å². The molecule has 0 amide bonds. The van der Waals surface area contributed by atoms with Gasteiger partial charge in [-0.2, -0.15) is 0 Å². The van der Waals surface area contributed by atoms with Gasteiger partial charge in [0.25, 0.3) is 0 Å². The number of hydrogen-bond donors (Lipinski definition) is 0. The minimum atomic E-state index is 0.701. The summed E-state index contributed by atoms with van der Waals surface area (Å²) in [7, 11) is 0. The maximum Gasteiger partial charge on any atom is 0.160 e. The number of fused-ring (bicyclic) bond motifs is 6. The fourth-order valence-electron chi connectivity index (χ4n) is 9.04. The van der Waals surface area contributed by atoms with Gasteiger partial charge >= 0.3 is 0 Å². The summed E-state index contributed by atoms with van der Waals surface area (Å²) < 4.78 is 2.59. The Balaban J connectivity index is 1.01. The Morgan fingerprint density at radius 2 is 0.831 bits per heavy atom. The van der Waals surface area contributed by atoms with Gasteiger partial charge < -0.3 is 0 Å². The Labute approximate surface area is 346 Å². The van der Waals surface area contributed by atoms with Crippen LogP contribution in [0.4, 0.5) is 0 Å². The minimum Gasteiger partial charge on any atom is -0.228 e. The Bertz CT molecular complexity index is 3390. The molecule has 3 heteroatoms. The lowest BCUT2D eigenvalue weighted by molar-refractivity contribution is 1.18. The van der Waals surface area contributed by atoms with Gasteiger partial charge in [-0.1, -0.05) is 176 Å². The highest BCUT2D eigenvalue weighted by Crippen LogP contribution is 2.49. The van der Waals surface area contributed by atoms with E-state index in [1.807, 2.05) is 17.4 Å². The van der Waals surface area contributed by atoms with E-state index in [9.17, 15) is 0 Å². The van der Waals surface area contributed by atoms with E-state index in [1.165, 1.54) is 75.5 Å². The first-order chi connectivity index (χ1) is 29.2. The Hall–Kier alpha value is -7.46. The van der Waals surface area contributed by atoms with Crippen molar-refractivity contribution < 1.29 is 0 Å². The lowest BCUT2D eigenvalue weighted by Crippen LogP contribution is -1.96. The summed E-state index contributed by atoms with van der Waals surface area (Å²) in [6.45, 7) is 0. The fourth-order valence-corrected chi connectivity index (χ4v) is 10.3. The zero-order chi connectivity index (χ0) is 38.9. The molecule has 0 aliphatic heterocycles. The summed E-state index contributed by atoms with van der Waals surface area (Å²) >= 11 is 1.86. The highest BCUT2D eigenvalue weighted by atomic mass is 32.1. The number of nitrogens with zero attached hydrogens (tertiary/aromatic N) is 2. The highest BCUT2D eigenvalue weighted by Gasteiger charge is 2.22. The van der Waals surface area contributed by atoms with Gasteiger partial charge in [-0.25, -0.2) is 9.97 Å². The average Bonchev–Trinajstić information content (AvgIpc) is 3.86. The van der Waals surface area contributed by atoms with Crippen molar-refractivity contribution in [2.45, 2.75) is 0 Å². The van der Waals surface area contributed by atoms with Gasteiger partial charge in [-0.05, 0) is 96.7 Å². The van der Waals surface area contributed by atoms with Crippen LogP contribution in [-0.4, -0.2) is 9.97 Å². The van der Waals surface area contributed by atoms with Gasteiger partial charge in [0.05, 0.1) is 11.4 Å². The monoisotopic (exact) mass is 766 g/mol. The second-order valence-electron chi connectivity index (χ2n) is 15.3. The molecule has 1 aliphatic carbocycles. The first-order valence-electron chi connectivity index (χ1n) is 20.1. The zero-order valence-corrected chi connectivity index (χ0v) is 32.7. The second kappa shape index (κ2) is 13.6. The number of hydrogen-bond acceptors (Lipinski definition) is 3. The molecule has 0 saturated carbocycles. The minimum absolute atomic E-state index is 0.701. The maximum atomic E-state index is 5.30. The van der Waals surface area contributed by atoms with Gasteiger partial charge in [-0.15, -0.1) is 11.3 Å². The van der Waals surface area contributed by atoms with Crippen LogP contribution in [0.1, 0.15) is 0 Å². The maximum absolute atomic E-state index is 5.30. The Morgan fingerprint density at radius 3 is 1.61 bits per heavy atom. The molecule has 0 N–H and O–H groups in total. The molecule has 59 heavy (non-hydrogen) atoms. The predicted molar refractivity (Wildman–Crippen MR) is 249 cm³/mol. The molecule has 0 saturated heterocycles. The van der Waals surface area contributed by atoms with Gasteiger partial charge in [0.15, 0.2) is 5.82 Å². The van der Waals surface area contributed by atoms with Crippen LogP contribution in [0, 0.1) is 0 Å². The molecule has 0 spiro atoms. The first-order valence-corrected chi connectivity index (χ1v) is 20.9. The summed E-state index contributed by atoms with van der Waals surface area (Å²) in [6.07, 6.45) is 0. The fraction of sp³-hybridized carbons (Fsp3) is 0. The third kappa shape index (κ3) is 5.62.